The maximum absolute atomic E-state index is 12.6. The van der Waals surface area contributed by atoms with E-state index < -0.39 is 23.1 Å². The number of hydrogen-bond acceptors (Lipinski definition) is 8. The number of hydrogen-bond donors (Lipinski definition) is 3. The number of aromatic amines is 2. The molecule has 0 aliphatic carbocycles. The summed E-state index contributed by atoms with van der Waals surface area (Å²) in [7, 11) is 1.29. The predicted octanol–water partition coefficient (Wildman–Crippen LogP) is 2.28. The summed E-state index contributed by atoms with van der Waals surface area (Å²) < 4.78 is 9.77. The molecule has 3 N–H and O–H groups in total. The highest BCUT2D eigenvalue weighted by atomic mass is 32.1. The smallest absolute Gasteiger partial charge is 0.311 e. The predicted molar refractivity (Wildman–Crippen MR) is 151 cm³/mol. The van der Waals surface area contributed by atoms with Crippen LogP contribution in [-0.2, 0) is 14.3 Å². The van der Waals surface area contributed by atoms with Crippen molar-refractivity contribution in [3.8, 4) is 5.75 Å². The Morgan fingerprint density at radius 1 is 0.825 bits per heavy atom. The highest BCUT2D eigenvalue weighted by molar-refractivity contribution is 7.12. The Morgan fingerprint density at radius 3 is 1.95 bits per heavy atom. The zero-order valence-corrected chi connectivity index (χ0v) is 22.2. The number of carbonyl (C=O) groups excluding carboxylic acids is 3. The van der Waals surface area contributed by atoms with Crippen molar-refractivity contribution < 1.29 is 23.9 Å². The van der Waals surface area contributed by atoms with E-state index in [1.165, 1.54) is 30.6 Å². The molecule has 0 radical (unpaired) electrons. The second kappa shape index (κ2) is 13.2. The second-order valence-corrected chi connectivity index (χ2v) is 9.50. The first-order chi connectivity index (χ1) is 19.3. The topological polar surface area (TPSA) is 147 Å². The monoisotopic (exact) mass is 559 g/mol. The highest BCUT2D eigenvalue weighted by Gasteiger charge is 2.08. The molecule has 0 unspecified atom stereocenters. The van der Waals surface area contributed by atoms with E-state index in [1.807, 2.05) is 5.38 Å². The summed E-state index contributed by atoms with van der Waals surface area (Å²) in [4.78, 5) is 66.3. The van der Waals surface area contributed by atoms with E-state index in [1.54, 1.807) is 60.7 Å². The minimum absolute atomic E-state index is 0.0568. The van der Waals surface area contributed by atoms with Crippen LogP contribution in [0.1, 0.15) is 40.1 Å². The summed E-state index contributed by atoms with van der Waals surface area (Å²) >= 11 is 1.34. The number of ether oxygens (including phenoxy) is 2. The molecule has 0 atom stereocenters. The third-order valence-corrected chi connectivity index (χ3v) is 6.49. The Bertz CT molecular complexity index is 1740. The van der Waals surface area contributed by atoms with Gasteiger partial charge < -0.3 is 24.8 Å². The van der Waals surface area contributed by atoms with Crippen LogP contribution in [0.3, 0.4) is 0 Å². The summed E-state index contributed by atoms with van der Waals surface area (Å²) in [6.45, 7) is 0. The van der Waals surface area contributed by atoms with Crippen LogP contribution in [0, 0.1) is 0 Å². The maximum atomic E-state index is 12.6. The van der Waals surface area contributed by atoms with Crippen LogP contribution in [0.25, 0.3) is 12.2 Å². The minimum Gasteiger partial charge on any atom is -0.469 e. The van der Waals surface area contributed by atoms with Gasteiger partial charge in [0.05, 0.1) is 12.0 Å². The summed E-state index contributed by atoms with van der Waals surface area (Å²) in [6, 6.07) is 16.8. The van der Waals surface area contributed by atoms with Crippen molar-refractivity contribution in [1.82, 2.24) is 9.97 Å². The number of rotatable bonds is 9. The van der Waals surface area contributed by atoms with Crippen molar-refractivity contribution in [2.75, 3.05) is 12.4 Å². The Hall–Kier alpha value is -5.03. The zero-order valence-electron chi connectivity index (χ0n) is 21.4. The van der Waals surface area contributed by atoms with E-state index in [4.69, 9.17) is 4.74 Å². The van der Waals surface area contributed by atoms with Gasteiger partial charge >= 0.3 is 11.9 Å². The number of nitrogens with one attached hydrogen (secondary N) is 3. The fourth-order valence-electron chi connectivity index (χ4n) is 3.59. The molecule has 4 rings (SSSR count). The number of thiophene rings is 1. The molecule has 2 aromatic heterocycles. The first-order valence-electron chi connectivity index (χ1n) is 12.2. The highest BCUT2D eigenvalue weighted by Crippen LogP contribution is 2.15. The number of aromatic nitrogens is 2. The fraction of sp³-hybridized carbons (Fsp3) is 0.138. The van der Waals surface area contributed by atoms with Crippen molar-refractivity contribution >= 4 is 47.0 Å². The lowest BCUT2D eigenvalue weighted by molar-refractivity contribution is -0.141. The van der Waals surface area contributed by atoms with E-state index in [0.29, 0.717) is 33.9 Å². The third kappa shape index (κ3) is 7.74. The van der Waals surface area contributed by atoms with Gasteiger partial charge in [0.2, 0.25) is 0 Å². The molecular formula is C29H25N3O7S. The lowest BCUT2D eigenvalue weighted by Crippen LogP contribution is -2.46. The van der Waals surface area contributed by atoms with Crippen molar-refractivity contribution in [3.63, 3.8) is 0 Å². The number of anilines is 1. The molecule has 0 saturated heterocycles. The minimum atomic E-state index is -0.494. The number of benzene rings is 2. The molecule has 40 heavy (non-hydrogen) atoms. The number of amides is 1. The first kappa shape index (κ1) is 28.0. The average Bonchev–Trinajstić information content (AvgIpc) is 3.49. The molecule has 2 heterocycles. The molecule has 204 valence electrons. The van der Waals surface area contributed by atoms with Crippen LogP contribution < -0.4 is 31.9 Å². The van der Waals surface area contributed by atoms with E-state index in [9.17, 15) is 24.0 Å². The molecule has 0 aliphatic heterocycles. The Kier molecular flexibility index (Phi) is 9.21. The Morgan fingerprint density at radius 2 is 1.40 bits per heavy atom. The van der Waals surface area contributed by atoms with Gasteiger partial charge in [-0.15, -0.1) is 11.3 Å². The lowest BCUT2D eigenvalue weighted by atomic mass is 10.2. The van der Waals surface area contributed by atoms with Crippen LogP contribution >= 0.6 is 11.3 Å². The zero-order chi connectivity index (χ0) is 28.5. The molecule has 0 aliphatic rings. The lowest BCUT2D eigenvalue weighted by Gasteiger charge is -2.04. The number of esters is 2. The molecule has 0 fully saturated rings. The number of carbonyl (C=O) groups is 3. The van der Waals surface area contributed by atoms with Gasteiger partial charge in [-0.05, 0) is 65.4 Å². The van der Waals surface area contributed by atoms with Gasteiger partial charge in [0.1, 0.15) is 16.4 Å². The SMILES string of the molecule is COC(=O)CCCC(=O)Oc1ccc(/C=c2\[nH]c(=O)/c(=C/c3ccc(NC(=O)c4cccs4)cc3)[nH]c2=O)cc1. The fourth-order valence-corrected chi connectivity index (χ4v) is 4.21. The van der Waals surface area contributed by atoms with Gasteiger partial charge in [-0.3, -0.25) is 24.0 Å². The summed E-state index contributed by atoms with van der Waals surface area (Å²) in [5.74, 6) is -0.768. The molecule has 0 bridgehead atoms. The van der Waals surface area contributed by atoms with E-state index in [-0.39, 0.29) is 29.4 Å². The van der Waals surface area contributed by atoms with Crippen LogP contribution in [0.5, 0.6) is 5.75 Å². The third-order valence-electron chi connectivity index (χ3n) is 5.62. The van der Waals surface area contributed by atoms with Crippen molar-refractivity contribution in [2.24, 2.45) is 0 Å². The van der Waals surface area contributed by atoms with Crippen molar-refractivity contribution in [1.29, 1.82) is 0 Å². The Balaban J connectivity index is 1.43. The summed E-state index contributed by atoms with van der Waals surface area (Å²) in [6.07, 6.45) is 3.55. The van der Waals surface area contributed by atoms with Gasteiger partial charge in [0, 0.05) is 18.5 Å². The number of methoxy groups -OCH3 is 1. The van der Waals surface area contributed by atoms with E-state index in [2.05, 4.69) is 20.0 Å². The van der Waals surface area contributed by atoms with E-state index >= 15 is 0 Å². The van der Waals surface area contributed by atoms with Gasteiger partial charge in [-0.2, -0.15) is 0 Å². The molecule has 1 amide bonds. The summed E-state index contributed by atoms with van der Waals surface area (Å²) in [5.41, 5.74) is 0.874. The van der Waals surface area contributed by atoms with E-state index in [0.717, 1.165) is 0 Å². The molecule has 0 spiro atoms. The average molecular weight is 560 g/mol. The van der Waals surface area contributed by atoms with Gasteiger partial charge in [-0.25, -0.2) is 0 Å². The maximum Gasteiger partial charge on any atom is 0.311 e. The quantitative estimate of drug-likeness (QED) is 0.211. The molecule has 0 saturated carbocycles. The van der Waals surface area contributed by atoms with Crippen LogP contribution in [0.2, 0.25) is 0 Å². The Labute approximate surface area is 231 Å². The molecule has 11 heteroatoms. The standard InChI is InChI=1S/C29H25N3O7S/c1-38-25(33)5-2-6-26(34)39-21-13-9-19(10-14-21)17-23-28(36)31-22(27(35)32-23)16-18-7-11-20(12-8-18)30-29(37)24-4-3-15-40-24/h3-4,7-17H,2,5-6H2,1H3,(H,30,37)(H,31,36)(H,32,35)/b22-16-,23-17-. The first-order valence-corrected chi connectivity index (χ1v) is 13.1. The molecule has 4 aromatic rings. The summed E-state index contributed by atoms with van der Waals surface area (Å²) in [5, 5.41) is 4.76. The van der Waals surface area contributed by atoms with Gasteiger partial charge in [0.25, 0.3) is 17.0 Å². The molecule has 10 nitrogen and oxygen atoms in total. The van der Waals surface area contributed by atoms with Crippen LogP contribution in [-0.4, -0.2) is 34.9 Å². The largest absolute Gasteiger partial charge is 0.469 e. The number of H-pyrrole nitrogens is 2. The van der Waals surface area contributed by atoms with Gasteiger partial charge in [0.15, 0.2) is 0 Å². The molecule has 2 aromatic carbocycles. The van der Waals surface area contributed by atoms with Crippen LogP contribution in [0.4, 0.5) is 5.69 Å². The van der Waals surface area contributed by atoms with Crippen molar-refractivity contribution in [2.45, 2.75) is 19.3 Å². The normalized spacial score (nSPS) is 11.7. The van der Waals surface area contributed by atoms with Gasteiger partial charge in [-0.1, -0.05) is 30.3 Å². The second-order valence-electron chi connectivity index (χ2n) is 8.55. The molecular weight excluding hydrogens is 534 g/mol. The van der Waals surface area contributed by atoms with Crippen LogP contribution in [0.15, 0.2) is 75.6 Å². The van der Waals surface area contributed by atoms with Crippen molar-refractivity contribution in [3.05, 3.63) is 113 Å².